The van der Waals surface area contributed by atoms with Gasteiger partial charge in [0.25, 0.3) is 0 Å². The van der Waals surface area contributed by atoms with E-state index in [0.717, 1.165) is 6.42 Å². The van der Waals surface area contributed by atoms with Crippen LogP contribution in [0.2, 0.25) is 0 Å². The van der Waals surface area contributed by atoms with E-state index in [4.69, 9.17) is 42.3 Å². The van der Waals surface area contributed by atoms with Crippen LogP contribution >= 0.6 is 0 Å². The molecule has 0 aliphatic heterocycles. The van der Waals surface area contributed by atoms with E-state index in [1.165, 1.54) is 57.8 Å². The zero-order valence-electron chi connectivity index (χ0n) is 17.3. The van der Waals surface area contributed by atoms with Crippen LogP contribution in [0.1, 0.15) is 71.1 Å². The summed E-state index contributed by atoms with van der Waals surface area (Å²) in [6.07, 6.45) is 13.3. The molecular weight excluding hydrogens is 415 g/mol. The SMILES string of the molecule is CCCCCCCCCCCCO.O=S(=O)(O)O.OCCOCCOCCO.[NaH]. The molecule has 0 aromatic rings. The Morgan fingerprint density at radius 3 is 1.17 bits per heavy atom. The minimum atomic E-state index is -4.67. The zero-order valence-corrected chi connectivity index (χ0v) is 18.1. The molecule has 9 nitrogen and oxygen atoms in total. The molecule has 0 aromatic heterocycles. The van der Waals surface area contributed by atoms with Crippen LogP contribution in [0.4, 0.5) is 0 Å². The zero-order chi connectivity index (χ0) is 21.9. The van der Waals surface area contributed by atoms with Crippen LogP contribution in [-0.2, 0) is 19.9 Å². The molecule has 0 aliphatic carbocycles. The summed E-state index contributed by atoms with van der Waals surface area (Å²) in [4.78, 5) is 0. The van der Waals surface area contributed by atoms with Gasteiger partial charge in [0.15, 0.2) is 0 Å². The van der Waals surface area contributed by atoms with Gasteiger partial charge in [0.2, 0.25) is 0 Å². The predicted molar refractivity (Wildman–Crippen MR) is 116 cm³/mol. The maximum atomic E-state index is 8.74. The van der Waals surface area contributed by atoms with Crippen molar-refractivity contribution in [3.63, 3.8) is 0 Å². The predicted octanol–water partition coefficient (Wildman–Crippen LogP) is 1.60. The number of ether oxygens (including phenoxy) is 2. The first-order valence-corrected chi connectivity index (χ1v) is 11.4. The molecule has 5 N–H and O–H groups in total. The molecule has 0 spiro atoms. The average molecular weight is 459 g/mol. The van der Waals surface area contributed by atoms with E-state index in [-0.39, 0.29) is 42.8 Å². The molecule has 0 amide bonds. The van der Waals surface area contributed by atoms with Crippen LogP contribution in [0.5, 0.6) is 0 Å². The van der Waals surface area contributed by atoms with Crippen LogP contribution in [0.15, 0.2) is 0 Å². The Kier molecular flexibility index (Phi) is 42.5. The molecule has 0 saturated heterocycles. The van der Waals surface area contributed by atoms with Gasteiger partial charge in [0.1, 0.15) is 0 Å². The van der Waals surface area contributed by atoms with Crippen molar-refractivity contribution in [2.24, 2.45) is 0 Å². The van der Waals surface area contributed by atoms with Crippen LogP contribution in [0.3, 0.4) is 0 Å². The van der Waals surface area contributed by atoms with Crippen LogP contribution in [-0.4, -0.2) is 109 Å². The van der Waals surface area contributed by atoms with Crippen molar-refractivity contribution in [2.45, 2.75) is 71.1 Å². The molecule has 0 aliphatic rings. The Morgan fingerprint density at radius 2 is 0.897 bits per heavy atom. The Balaban J connectivity index is -0.000000174. The molecule has 0 heterocycles. The van der Waals surface area contributed by atoms with Gasteiger partial charge in [-0.3, -0.25) is 9.11 Å². The van der Waals surface area contributed by atoms with Gasteiger partial charge in [-0.25, -0.2) is 0 Å². The summed E-state index contributed by atoms with van der Waals surface area (Å²) < 4.78 is 41.3. The van der Waals surface area contributed by atoms with Crippen molar-refractivity contribution in [1.29, 1.82) is 0 Å². The van der Waals surface area contributed by atoms with Gasteiger partial charge in [-0.1, -0.05) is 64.7 Å². The Hall–Kier alpha value is 0.670. The van der Waals surface area contributed by atoms with Crippen molar-refractivity contribution in [2.75, 3.05) is 46.2 Å². The van der Waals surface area contributed by atoms with Crippen molar-refractivity contribution in [1.82, 2.24) is 0 Å². The van der Waals surface area contributed by atoms with Gasteiger partial charge in [-0.05, 0) is 6.42 Å². The standard InChI is InChI=1S/C12H26O.C6H14O4.Na.H2O4S.H/c1-2-3-4-5-6-7-8-9-10-11-12-13;7-1-3-9-5-6-10-4-2-8;;1-5(2,3)4;/h13H,2-12H2,1H3;7-8H,1-6H2;;(H2,1,2,3,4);. The monoisotopic (exact) mass is 458 g/mol. The molecule has 0 bridgehead atoms. The van der Waals surface area contributed by atoms with Crippen molar-refractivity contribution in [3.05, 3.63) is 0 Å². The summed E-state index contributed by atoms with van der Waals surface area (Å²) in [6, 6.07) is 0. The molecule has 0 aromatic carbocycles. The second-order valence-electron chi connectivity index (χ2n) is 6.03. The van der Waals surface area contributed by atoms with Crippen molar-refractivity contribution < 1.29 is 42.3 Å². The first kappa shape index (κ1) is 37.0. The third kappa shape index (κ3) is 65.3. The Bertz CT molecular complexity index is 331. The fraction of sp³-hybridized carbons (Fsp3) is 1.00. The van der Waals surface area contributed by atoms with E-state index < -0.39 is 10.4 Å². The first-order valence-electron chi connectivity index (χ1n) is 10.0. The summed E-state index contributed by atoms with van der Waals surface area (Å²) in [5.41, 5.74) is 0. The van der Waals surface area contributed by atoms with Crippen LogP contribution < -0.4 is 0 Å². The summed E-state index contributed by atoms with van der Waals surface area (Å²) in [5, 5.41) is 25.1. The molecule has 0 atom stereocenters. The second-order valence-corrected chi connectivity index (χ2v) is 6.92. The normalized spacial score (nSPS) is 10.3. The number of aliphatic hydroxyl groups is 3. The molecule has 29 heavy (non-hydrogen) atoms. The molecule has 0 rings (SSSR count). The third-order valence-electron chi connectivity index (χ3n) is 3.35. The second kappa shape index (κ2) is 33.3. The van der Waals surface area contributed by atoms with E-state index in [1.54, 1.807) is 0 Å². The summed E-state index contributed by atoms with van der Waals surface area (Å²) in [7, 11) is -4.67. The topological polar surface area (TPSA) is 154 Å². The number of aliphatic hydroxyl groups excluding tert-OH is 3. The van der Waals surface area contributed by atoms with Gasteiger partial charge >= 0.3 is 40.0 Å². The summed E-state index contributed by atoms with van der Waals surface area (Å²) in [6.45, 7) is 4.36. The van der Waals surface area contributed by atoms with Crippen LogP contribution in [0.25, 0.3) is 0 Å². The molecule has 11 heteroatoms. The quantitative estimate of drug-likeness (QED) is 0.124. The third-order valence-corrected chi connectivity index (χ3v) is 3.35. The van der Waals surface area contributed by atoms with Gasteiger partial charge in [-0.2, -0.15) is 8.42 Å². The number of unbranched alkanes of at least 4 members (excludes halogenated alkanes) is 9. The first-order chi connectivity index (χ1) is 13.3. The van der Waals surface area contributed by atoms with E-state index >= 15 is 0 Å². The van der Waals surface area contributed by atoms with Gasteiger partial charge in [0, 0.05) is 6.61 Å². The molecular formula is C18H43NaO9S. The summed E-state index contributed by atoms with van der Waals surface area (Å²) in [5.74, 6) is 0. The number of hydrogen-bond acceptors (Lipinski definition) is 7. The fourth-order valence-electron chi connectivity index (χ4n) is 2.05. The van der Waals surface area contributed by atoms with E-state index in [1.807, 2.05) is 0 Å². The molecule has 0 unspecified atom stereocenters. The van der Waals surface area contributed by atoms with Gasteiger partial charge in [0.05, 0.1) is 39.6 Å². The van der Waals surface area contributed by atoms with Gasteiger partial charge < -0.3 is 24.8 Å². The van der Waals surface area contributed by atoms with Gasteiger partial charge in [-0.15, -0.1) is 0 Å². The molecule has 0 saturated carbocycles. The maximum absolute atomic E-state index is 8.74. The molecule has 0 radical (unpaired) electrons. The van der Waals surface area contributed by atoms with Crippen molar-refractivity contribution >= 4 is 40.0 Å². The Labute approximate surface area is 199 Å². The minimum absolute atomic E-state index is 0. The van der Waals surface area contributed by atoms with E-state index in [0.29, 0.717) is 33.0 Å². The van der Waals surface area contributed by atoms with Crippen LogP contribution in [0, 0.1) is 0 Å². The average Bonchev–Trinajstić information content (AvgIpc) is 2.62. The number of rotatable bonds is 17. The molecule has 176 valence electrons. The fourth-order valence-corrected chi connectivity index (χ4v) is 2.05. The van der Waals surface area contributed by atoms with E-state index in [2.05, 4.69) is 6.92 Å². The van der Waals surface area contributed by atoms with E-state index in [9.17, 15) is 0 Å². The van der Waals surface area contributed by atoms with Crippen molar-refractivity contribution in [3.8, 4) is 0 Å². The Morgan fingerprint density at radius 1 is 0.586 bits per heavy atom. The number of hydrogen-bond donors (Lipinski definition) is 5. The summed E-state index contributed by atoms with van der Waals surface area (Å²) >= 11 is 0. The molecule has 0 fully saturated rings.